The summed E-state index contributed by atoms with van der Waals surface area (Å²) in [4.78, 5) is 11.1. The molecule has 1 heterocycles. The Labute approximate surface area is 131 Å². The van der Waals surface area contributed by atoms with Crippen LogP contribution in [0.3, 0.4) is 0 Å². The van der Waals surface area contributed by atoms with Crippen molar-refractivity contribution in [2.75, 3.05) is 10.8 Å². The van der Waals surface area contributed by atoms with Crippen LogP contribution in [0.15, 0.2) is 40.6 Å². The lowest BCUT2D eigenvalue weighted by molar-refractivity contribution is 0.0701. The molecule has 2 rings (SSSR count). The molecular weight excluding hydrogens is 324 g/mol. The minimum atomic E-state index is -3.99. The number of sulfonamides is 1. The van der Waals surface area contributed by atoms with Gasteiger partial charge < -0.3 is 5.11 Å². The number of nitriles is 1. The molecule has 6 nitrogen and oxygen atoms in total. The SMILES string of the molecule is Cc1cc(S(=O)(=O)N(CC#N)c2ccccc2)sc1C(=O)O. The number of anilines is 1. The summed E-state index contributed by atoms with van der Waals surface area (Å²) in [5.41, 5.74) is 0.730. The topological polar surface area (TPSA) is 98.5 Å². The Morgan fingerprint density at radius 2 is 2.00 bits per heavy atom. The first-order valence-corrected chi connectivity index (χ1v) is 8.42. The molecular formula is C14H12N2O4S2. The summed E-state index contributed by atoms with van der Waals surface area (Å²) in [5.74, 6) is -1.17. The molecule has 0 unspecified atom stereocenters. The Kier molecular flexibility index (Phi) is 4.49. The monoisotopic (exact) mass is 336 g/mol. The number of aryl methyl sites for hydroxylation is 1. The van der Waals surface area contributed by atoms with Crippen LogP contribution in [0.4, 0.5) is 5.69 Å². The van der Waals surface area contributed by atoms with E-state index in [-0.39, 0.29) is 15.6 Å². The van der Waals surface area contributed by atoms with E-state index in [2.05, 4.69) is 0 Å². The van der Waals surface area contributed by atoms with Gasteiger partial charge in [-0.1, -0.05) is 18.2 Å². The van der Waals surface area contributed by atoms with Crippen LogP contribution in [0, 0.1) is 18.3 Å². The summed E-state index contributed by atoms with van der Waals surface area (Å²) in [5, 5.41) is 18.0. The molecule has 0 amide bonds. The third-order valence-corrected chi connectivity index (χ3v) is 6.34. The van der Waals surface area contributed by atoms with Crippen LogP contribution >= 0.6 is 11.3 Å². The summed E-state index contributed by atoms with van der Waals surface area (Å²) >= 11 is 0.685. The predicted octanol–water partition coefficient (Wildman–Crippen LogP) is 2.47. The molecule has 0 saturated carbocycles. The molecule has 1 aromatic carbocycles. The zero-order chi connectivity index (χ0) is 16.3. The molecule has 8 heteroatoms. The van der Waals surface area contributed by atoms with Crippen molar-refractivity contribution in [1.29, 1.82) is 5.26 Å². The van der Waals surface area contributed by atoms with E-state index >= 15 is 0 Å². The average Bonchev–Trinajstić information content (AvgIpc) is 2.88. The Balaban J connectivity index is 2.53. The highest BCUT2D eigenvalue weighted by Crippen LogP contribution is 2.30. The third-order valence-electron chi connectivity index (χ3n) is 2.89. The zero-order valence-corrected chi connectivity index (χ0v) is 13.2. The van der Waals surface area contributed by atoms with Crippen LogP contribution in [-0.2, 0) is 10.0 Å². The minimum Gasteiger partial charge on any atom is -0.477 e. The van der Waals surface area contributed by atoms with Crippen molar-refractivity contribution in [2.45, 2.75) is 11.1 Å². The minimum absolute atomic E-state index is 0.0245. The quantitative estimate of drug-likeness (QED) is 0.846. The molecule has 1 aromatic heterocycles. The summed E-state index contributed by atoms with van der Waals surface area (Å²) in [6.45, 7) is 1.18. The maximum absolute atomic E-state index is 12.7. The molecule has 2 aromatic rings. The molecule has 0 atom stereocenters. The van der Waals surface area contributed by atoms with Crippen LogP contribution in [0.2, 0.25) is 0 Å². The molecule has 114 valence electrons. The number of carbonyl (C=O) groups is 1. The van der Waals surface area contributed by atoms with Gasteiger partial charge in [0.1, 0.15) is 15.6 Å². The Morgan fingerprint density at radius 1 is 1.36 bits per heavy atom. The summed E-state index contributed by atoms with van der Waals surface area (Å²) in [7, 11) is -3.99. The molecule has 0 aliphatic rings. The molecule has 0 radical (unpaired) electrons. The average molecular weight is 336 g/mol. The largest absolute Gasteiger partial charge is 0.477 e. The van der Waals surface area contributed by atoms with Crippen molar-refractivity contribution < 1.29 is 18.3 Å². The Morgan fingerprint density at radius 3 is 2.50 bits per heavy atom. The van der Waals surface area contributed by atoms with E-state index in [9.17, 15) is 13.2 Å². The molecule has 0 spiro atoms. The van der Waals surface area contributed by atoms with Crippen LogP contribution in [-0.4, -0.2) is 26.0 Å². The number of para-hydroxylation sites is 1. The summed E-state index contributed by atoms with van der Waals surface area (Å²) in [6.07, 6.45) is 0. The fraction of sp³-hybridized carbons (Fsp3) is 0.143. The van der Waals surface area contributed by atoms with E-state index in [1.165, 1.54) is 13.0 Å². The molecule has 0 aliphatic heterocycles. The maximum Gasteiger partial charge on any atom is 0.346 e. The van der Waals surface area contributed by atoms with Gasteiger partial charge in [0, 0.05) is 0 Å². The molecule has 0 bridgehead atoms. The summed E-state index contributed by atoms with van der Waals surface area (Å²) in [6, 6.07) is 11.4. The van der Waals surface area contributed by atoms with E-state index in [4.69, 9.17) is 10.4 Å². The normalized spacial score (nSPS) is 10.9. The number of rotatable bonds is 5. The van der Waals surface area contributed by atoms with Gasteiger partial charge >= 0.3 is 5.97 Å². The summed E-state index contributed by atoms with van der Waals surface area (Å²) < 4.78 is 26.3. The Hall–Kier alpha value is -2.37. The standard InChI is InChI=1S/C14H12N2O4S2/c1-10-9-12(21-13(10)14(17)18)22(19,20)16(8-7-15)11-5-3-2-4-6-11/h2-6,9H,8H2,1H3,(H,17,18). The fourth-order valence-corrected chi connectivity index (χ4v) is 4.73. The van der Waals surface area contributed by atoms with E-state index in [0.29, 0.717) is 22.6 Å². The van der Waals surface area contributed by atoms with Crippen molar-refractivity contribution in [3.63, 3.8) is 0 Å². The van der Waals surface area contributed by atoms with Gasteiger partial charge in [-0.3, -0.25) is 4.31 Å². The third kappa shape index (κ3) is 2.95. The van der Waals surface area contributed by atoms with Crippen LogP contribution in [0.25, 0.3) is 0 Å². The van der Waals surface area contributed by atoms with Crippen LogP contribution in [0.1, 0.15) is 15.2 Å². The predicted molar refractivity (Wildman–Crippen MR) is 82.6 cm³/mol. The highest BCUT2D eigenvalue weighted by molar-refractivity contribution is 7.94. The number of carboxylic acid groups (broad SMARTS) is 1. The fourth-order valence-electron chi connectivity index (χ4n) is 1.87. The maximum atomic E-state index is 12.7. The Bertz CT molecular complexity index is 835. The van der Waals surface area contributed by atoms with E-state index < -0.39 is 16.0 Å². The number of aromatic carboxylic acids is 1. The van der Waals surface area contributed by atoms with Gasteiger partial charge in [0.25, 0.3) is 10.0 Å². The zero-order valence-electron chi connectivity index (χ0n) is 11.6. The van der Waals surface area contributed by atoms with Gasteiger partial charge in [-0.15, -0.1) is 11.3 Å². The van der Waals surface area contributed by atoms with E-state index in [1.54, 1.807) is 30.3 Å². The first-order valence-electron chi connectivity index (χ1n) is 6.16. The van der Waals surface area contributed by atoms with Crippen LogP contribution in [0.5, 0.6) is 0 Å². The van der Waals surface area contributed by atoms with E-state index in [0.717, 1.165) is 4.31 Å². The lowest BCUT2D eigenvalue weighted by Crippen LogP contribution is -2.30. The van der Waals surface area contributed by atoms with Gasteiger partial charge in [0.15, 0.2) is 0 Å². The lowest BCUT2D eigenvalue weighted by Gasteiger charge is -2.20. The number of thiophene rings is 1. The van der Waals surface area contributed by atoms with E-state index in [1.807, 2.05) is 6.07 Å². The molecule has 0 fully saturated rings. The van der Waals surface area contributed by atoms with Crippen molar-refractivity contribution in [2.24, 2.45) is 0 Å². The molecule has 0 aliphatic carbocycles. The first kappa shape index (κ1) is 16.0. The van der Waals surface area contributed by atoms with Crippen molar-refractivity contribution in [1.82, 2.24) is 0 Å². The van der Waals surface area contributed by atoms with Crippen molar-refractivity contribution in [3.05, 3.63) is 46.8 Å². The lowest BCUT2D eigenvalue weighted by atomic mass is 10.3. The van der Waals surface area contributed by atoms with Crippen molar-refractivity contribution >= 4 is 33.0 Å². The second-order valence-electron chi connectivity index (χ2n) is 4.39. The van der Waals surface area contributed by atoms with Gasteiger partial charge in [-0.25, -0.2) is 13.2 Å². The van der Waals surface area contributed by atoms with Gasteiger partial charge in [-0.05, 0) is 30.7 Å². The second kappa shape index (κ2) is 6.17. The number of benzene rings is 1. The highest BCUT2D eigenvalue weighted by Gasteiger charge is 2.28. The number of nitrogens with zero attached hydrogens (tertiary/aromatic N) is 2. The van der Waals surface area contributed by atoms with Gasteiger partial charge in [0.2, 0.25) is 0 Å². The smallest absolute Gasteiger partial charge is 0.346 e. The molecule has 1 N–H and O–H groups in total. The number of hydrogen-bond acceptors (Lipinski definition) is 5. The van der Waals surface area contributed by atoms with Gasteiger partial charge in [0.05, 0.1) is 11.8 Å². The van der Waals surface area contributed by atoms with Crippen molar-refractivity contribution in [3.8, 4) is 6.07 Å². The molecule has 22 heavy (non-hydrogen) atoms. The number of carboxylic acids is 1. The van der Waals surface area contributed by atoms with Crippen LogP contribution < -0.4 is 4.31 Å². The molecule has 0 saturated heterocycles. The van der Waals surface area contributed by atoms with Gasteiger partial charge in [-0.2, -0.15) is 5.26 Å². The number of hydrogen-bond donors (Lipinski definition) is 1. The highest BCUT2D eigenvalue weighted by atomic mass is 32.2. The first-order chi connectivity index (χ1) is 10.4. The second-order valence-corrected chi connectivity index (χ2v) is 7.53.